The molecule has 156 valence electrons. The Kier molecular flexibility index (Phi) is 6.57. The monoisotopic (exact) mass is 425 g/mol. The van der Waals surface area contributed by atoms with Gasteiger partial charge in [-0.25, -0.2) is 9.48 Å². The smallest absolute Gasteiger partial charge is 0.343 e. The maximum Gasteiger partial charge on any atom is 0.343 e. The summed E-state index contributed by atoms with van der Waals surface area (Å²) in [7, 11) is 0. The van der Waals surface area contributed by atoms with Crippen molar-refractivity contribution in [2.45, 2.75) is 40.3 Å². The molecule has 3 aromatic rings. The SMILES string of the molecule is Cc1cccc(C)c1NC(=O)C(C)OC(=O)c1c(C)nn(Cc2ccccc2)c1Cl. The zero-order valence-electron chi connectivity index (χ0n) is 17.4. The van der Waals surface area contributed by atoms with Gasteiger partial charge in [0.2, 0.25) is 0 Å². The summed E-state index contributed by atoms with van der Waals surface area (Å²) >= 11 is 6.41. The first kappa shape index (κ1) is 21.6. The summed E-state index contributed by atoms with van der Waals surface area (Å²) in [5.41, 5.74) is 4.20. The molecule has 1 amide bonds. The topological polar surface area (TPSA) is 73.2 Å². The van der Waals surface area contributed by atoms with E-state index < -0.39 is 18.0 Å². The molecule has 0 saturated carbocycles. The van der Waals surface area contributed by atoms with Gasteiger partial charge in [-0.15, -0.1) is 0 Å². The predicted molar refractivity (Wildman–Crippen MR) is 117 cm³/mol. The van der Waals surface area contributed by atoms with Gasteiger partial charge in [0.05, 0.1) is 12.2 Å². The van der Waals surface area contributed by atoms with Gasteiger partial charge >= 0.3 is 5.97 Å². The van der Waals surface area contributed by atoms with Gasteiger partial charge in [0, 0.05) is 5.69 Å². The fourth-order valence-electron chi connectivity index (χ4n) is 3.16. The Hall–Kier alpha value is -3.12. The lowest BCUT2D eigenvalue weighted by Crippen LogP contribution is -2.30. The van der Waals surface area contributed by atoms with Crippen molar-refractivity contribution in [2.24, 2.45) is 0 Å². The highest BCUT2D eigenvalue weighted by molar-refractivity contribution is 6.32. The zero-order chi connectivity index (χ0) is 21.8. The first-order valence-corrected chi connectivity index (χ1v) is 10.0. The second-order valence-electron chi connectivity index (χ2n) is 7.20. The van der Waals surface area contributed by atoms with Crippen molar-refractivity contribution >= 4 is 29.2 Å². The summed E-state index contributed by atoms with van der Waals surface area (Å²) in [4.78, 5) is 25.3. The summed E-state index contributed by atoms with van der Waals surface area (Å²) in [6.45, 7) is 7.45. The molecule has 0 aliphatic heterocycles. The summed E-state index contributed by atoms with van der Waals surface area (Å²) < 4.78 is 6.93. The molecule has 1 unspecified atom stereocenters. The minimum absolute atomic E-state index is 0.166. The van der Waals surface area contributed by atoms with Crippen LogP contribution in [-0.2, 0) is 16.1 Å². The molecule has 0 saturated heterocycles. The van der Waals surface area contributed by atoms with E-state index in [-0.39, 0.29) is 10.7 Å². The van der Waals surface area contributed by atoms with Crippen LogP contribution in [0.5, 0.6) is 0 Å². The Morgan fingerprint density at radius 2 is 1.70 bits per heavy atom. The largest absolute Gasteiger partial charge is 0.449 e. The number of amides is 1. The number of anilines is 1. The van der Waals surface area contributed by atoms with Crippen molar-refractivity contribution in [3.8, 4) is 0 Å². The first-order chi connectivity index (χ1) is 14.3. The molecule has 0 bridgehead atoms. The second-order valence-corrected chi connectivity index (χ2v) is 7.56. The van der Waals surface area contributed by atoms with Crippen LogP contribution in [0.15, 0.2) is 48.5 Å². The summed E-state index contributed by atoms with van der Waals surface area (Å²) in [6, 6.07) is 15.4. The van der Waals surface area contributed by atoms with Crippen LogP contribution in [0.25, 0.3) is 0 Å². The molecule has 1 heterocycles. The number of aromatic nitrogens is 2. The molecule has 30 heavy (non-hydrogen) atoms. The van der Waals surface area contributed by atoms with Gasteiger partial charge in [0.15, 0.2) is 6.10 Å². The number of nitrogens with one attached hydrogen (secondary N) is 1. The molecule has 1 N–H and O–H groups in total. The molecule has 0 radical (unpaired) electrons. The molecule has 2 aromatic carbocycles. The Balaban J connectivity index is 1.71. The highest BCUT2D eigenvalue weighted by Crippen LogP contribution is 2.23. The van der Waals surface area contributed by atoms with Crippen LogP contribution >= 0.6 is 11.6 Å². The first-order valence-electron chi connectivity index (χ1n) is 9.62. The number of halogens is 1. The molecular formula is C23H24ClN3O3. The van der Waals surface area contributed by atoms with Gasteiger partial charge in [0.1, 0.15) is 10.7 Å². The van der Waals surface area contributed by atoms with Gasteiger partial charge in [0.25, 0.3) is 5.91 Å². The summed E-state index contributed by atoms with van der Waals surface area (Å²) in [5, 5.41) is 7.37. The van der Waals surface area contributed by atoms with Crippen LogP contribution in [0.4, 0.5) is 5.69 Å². The quantitative estimate of drug-likeness (QED) is 0.581. The zero-order valence-corrected chi connectivity index (χ0v) is 18.2. The molecule has 7 heteroatoms. The van der Waals surface area contributed by atoms with Crippen molar-refractivity contribution in [2.75, 3.05) is 5.32 Å². The van der Waals surface area contributed by atoms with Crippen LogP contribution < -0.4 is 5.32 Å². The number of aryl methyl sites for hydroxylation is 3. The Bertz CT molecular complexity index is 1060. The van der Waals surface area contributed by atoms with Crippen molar-refractivity contribution in [3.63, 3.8) is 0 Å². The molecule has 1 atom stereocenters. The molecule has 0 aliphatic rings. The maximum absolute atomic E-state index is 12.7. The van der Waals surface area contributed by atoms with Gasteiger partial charge in [-0.3, -0.25) is 4.79 Å². The number of carbonyl (C=O) groups excluding carboxylic acids is 2. The van der Waals surface area contributed by atoms with Gasteiger partial charge in [-0.05, 0) is 44.4 Å². The van der Waals surface area contributed by atoms with Crippen LogP contribution in [0, 0.1) is 20.8 Å². The van der Waals surface area contributed by atoms with Crippen LogP contribution in [-0.4, -0.2) is 27.8 Å². The molecule has 6 nitrogen and oxygen atoms in total. The molecular weight excluding hydrogens is 402 g/mol. The third-order valence-electron chi connectivity index (χ3n) is 4.83. The van der Waals surface area contributed by atoms with Crippen molar-refractivity contribution in [1.29, 1.82) is 0 Å². The highest BCUT2D eigenvalue weighted by Gasteiger charge is 2.26. The number of hydrogen-bond acceptors (Lipinski definition) is 4. The third-order valence-corrected chi connectivity index (χ3v) is 5.21. The Morgan fingerprint density at radius 1 is 1.07 bits per heavy atom. The average Bonchev–Trinajstić information content (AvgIpc) is 2.98. The van der Waals surface area contributed by atoms with Gasteiger partial charge in [-0.1, -0.05) is 60.1 Å². The van der Waals surface area contributed by atoms with Crippen LogP contribution in [0.1, 0.15) is 39.7 Å². The van der Waals surface area contributed by atoms with Crippen LogP contribution in [0.2, 0.25) is 5.15 Å². The van der Waals surface area contributed by atoms with E-state index in [0.717, 1.165) is 22.4 Å². The van der Waals surface area contributed by atoms with E-state index in [2.05, 4.69) is 10.4 Å². The second kappa shape index (κ2) is 9.13. The van der Waals surface area contributed by atoms with E-state index in [4.69, 9.17) is 16.3 Å². The molecule has 0 aliphatic carbocycles. The lowest BCUT2D eigenvalue weighted by atomic mass is 10.1. The minimum Gasteiger partial charge on any atom is -0.449 e. The van der Waals surface area contributed by atoms with E-state index in [0.29, 0.717) is 12.2 Å². The number of carbonyl (C=O) groups is 2. The van der Waals surface area contributed by atoms with E-state index in [1.807, 2.05) is 62.4 Å². The normalized spacial score (nSPS) is 11.8. The standard InChI is InChI=1S/C23H24ClN3O3/c1-14-9-8-10-15(2)20(14)25-22(28)17(4)30-23(29)19-16(3)26-27(21(19)24)13-18-11-6-5-7-12-18/h5-12,17H,13H2,1-4H3,(H,25,28). The van der Waals surface area contributed by atoms with E-state index in [1.165, 1.54) is 6.92 Å². The number of esters is 1. The Labute approximate surface area is 180 Å². The number of rotatable bonds is 6. The fourth-order valence-corrected chi connectivity index (χ4v) is 3.47. The molecule has 3 rings (SSSR count). The number of hydrogen-bond donors (Lipinski definition) is 1. The molecule has 0 fully saturated rings. The summed E-state index contributed by atoms with van der Waals surface area (Å²) in [5.74, 6) is -1.09. The van der Waals surface area contributed by atoms with Gasteiger partial charge < -0.3 is 10.1 Å². The predicted octanol–water partition coefficient (Wildman–Crippen LogP) is 4.69. The maximum atomic E-state index is 12.7. The number of para-hydroxylation sites is 1. The molecule has 0 spiro atoms. The molecule has 1 aromatic heterocycles. The van der Waals surface area contributed by atoms with Gasteiger partial charge in [-0.2, -0.15) is 5.10 Å². The van der Waals surface area contributed by atoms with Crippen molar-refractivity contribution < 1.29 is 14.3 Å². The number of benzene rings is 2. The number of ether oxygens (including phenoxy) is 1. The van der Waals surface area contributed by atoms with E-state index in [9.17, 15) is 9.59 Å². The highest BCUT2D eigenvalue weighted by atomic mass is 35.5. The number of nitrogens with zero attached hydrogens (tertiary/aromatic N) is 2. The van der Waals surface area contributed by atoms with E-state index in [1.54, 1.807) is 11.6 Å². The fraction of sp³-hybridized carbons (Fsp3) is 0.261. The van der Waals surface area contributed by atoms with Crippen molar-refractivity contribution in [3.05, 3.63) is 81.6 Å². The summed E-state index contributed by atoms with van der Waals surface area (Å²) in [6.07, 6.45) is -0.996. The lowest BCUT2D eigenvalue weighted by Gasteiger charge is -2.16. The lowest BCUT2D eigenvalue weighted by molar-refractivity contribution is -0.123. The Morgan fingerprint density at radius 3 is 2.33 bits per heavy atom. The third kappa shape index (κ3) is 4.71. The van der Waals surface area contributed by atoms with Crippen molar-refractivity contribution in [1.82, 2.24) is 9.78 Å². The van der Waals surface area contributed by atoms with E-state index >= 15 is 0 Å². The minimum atomic E-state index is -0.996. The van der Waals surface area contributed by atoms with Crippen LogP contribution in [0.3, 0.4) is 0 Å². The average molecular weight is 426 g/mol.